The van der Waals surface area contributed by atoms with E-state index in [4.69, 9.17) is 0 Å². The van der Waals surface area contributed by atoms with Crippen molar-refractivity contribution in [2.75, 3.05) is 11.9 Å². The first kappa shape index (κ1) is 14.4. The summed E-state index contributed by atoms with van der Waals surface area (Å²) >= 11 is 0. The van der Waals surface area contributed by atoms with Crippen molar-refractivity contribution in [3.63, 3.8) is 0 Å². The predicted octanol–water partition coefficient (Wildman–Crippen LogP) is 2.39. The molecule has 108 valence electrons. The molecule has 0 atom stereocenters. The maximum absolute atomic E-state index is 4.53. The minimum absolute atomic E-state index is 0.351. The zero-order valence-electron chi connectivity index (χ0n) is 12.4. The molecule has 0 radical (unpaired) electrons. The van der Waals surface area contributed by atoms with Gasteiger partial charge < -0.3 is 9.88 Å². The Labute approximate surface area is 119 Å². The molecule has 6 heteroatoms. The van der Waals surface area contributed by atoms with Crippen molar-refractivity contribution in [1.82, 2.24) is 24.7 Å². The maximum Gasteiger partial charge on any atom is 0.133 e. The van der Waals surface area contributed by atoms with Crippen molar-refractivity contribution in [3.05, 3.63) is 30.2 Å². The first-order valence-electron chi connectivity index (χ1n) is 7.07. The van der Waals surface area contributed by atoms with E-state index in [1.165, 1.54) is 0 Å². The normalized spacial score (nSPS) is 11.0. The van der Waals surface area contributed by atoms with Crippen LogP contribution in [0, 0.1) is 6.92 Å². The number of nitrogens with one attached hydrogen (secondary N) is 1. The molecule has 0 aliphatic carbocycles. The van der Waals surface area contributed by atoms with Gasteiger partial charge in [0.05, 0.1) is 0 Å². The Kier molecular flexibility index (Phi) is 5.03. The summed E-state index contributed by atoms with van der Waals surface area (Å²) in [6.45, 7) is 8.09. The Morgan fingerprint density at radius 1 is 1.15 bits per heavy atom. The fourth-order valence-corrected chi connectivity index (χ4v) is 1.91. The maximum atomic E-state index is 4.53. The third-order valence-electron chi connectivity index (χ3n) is 3.00. The molecule has 2 aromatic rings. The monoisotopic (exact) mass is 274 g/mol. The van der Waals surface area contributed by atoms with Crippen LogP contribution in [0.5, 0.6) is 0 Å². The van der Waals surface area contributed by atoms with Crippen molar-refractivity contribution >= 4 is 5.82 Å². The number of aryl methyl sites for hydroxylation is 2. The van der Waals surface area contributed by atoms with E-state index in [1.807, 2.05) is 17.6 Å². The number of rotatable bonds is 7. The van der Waals surface area contributed by atoms with Gasteiger partial charge in [0.25, 0.3) is 0 Å². The van der Waals surface area contributed by atoms with Gasteiger partial charge in [0.2, 0.25) is 0 Å². The highest BCUT2D eigenvalue weighted by Crippen LogP contribution is 2.13. The fourth-order valence-electron chi connectivity index (χ4n) is 1.91. The highest BCUT2D eigenvalue weighted by atomic mass is 15.2. The van der Waals surface area contributed by atoms with Crippen LogP contribution in [0.25, 0.3) is 0 Å². The van der Waals surface area contributed by atoms with Gasteiger partial charge in [-0.2, -0.15) is 0 Å². The van der Waals surface area contributed by atoms with E-state index < -0.39 is 0 Å². The first-order valence-corrected chi connectivity index (χ1v) is 7.07. The van der Waals surface area contributed by atoms with Crippen molar-refractivity contribution < 1.29 is 0 Å². The van der Waals surface area contributed by atoms with Gasteiger partial charge in [-0.1, -0.05) is 13.8 Å². The van der Waals surface area contributed by atoms with Crippen LogP contribution in [-0.4, -0.2) is 31.3 Å². The second-order valence-corrected chi connectivity index (χ2v) is 5.24. The van der Waals surface area contributed by atoms with Crippen molar-refractivity contribution in [2.45, 2.75) is 46.1 Å². The quantitative estimate of drug-likeness (QED) is 0.785. The van der Waals surface area contributed by atoms with Gasteiger partial charge in [-0.15, -0.1) is 10.2 Å². The van der Waals surface area contributed by atoms with Gasteiger partial charge in [0.1, 0.15) is 24.3 Å². The molecule has 2 rings (SSSR count). The number of nitrogens with zero attached hydrogens (tertiary/aromatic N) is 5. The molecule has 2 heterocycles. The molecule has 1 N–H and O–H groups in total. The topological polar surface area (TPSA) is 68.5 Å². The highest BCUT2D eigenvalue weighted by molar-refractivity contribution is 5.36. The molecule has 0 unspecified atom stereocenters. The summed E-state index contributed by atoms with van der Waals surface area (Å²) < 4.78 is 1.99. The van der Waals surface area contributed by atoms with Gasteiger partial charge in [0, 0.05) is 30.8 Å². The Hall–Kier alpha value is -1.98. The first-order chi connectivity index (χ1) is 9.65. The number of hydrogen-bond acceptors (Lipinski definition) is 5. The summed E-state index contributed by atoms with van der Waals surface area (Å²) in [5, 5.41) is 10.9. The number of hydrogen-bond donors (Lipinski definition) is 1. The molecule has 0 spiro atoms. The van der Waals surface area contributed by atoms with E-state index in [0.717, 1.165) is 43.3 Å². The molecule has 2 aromatic heterocycles. The molecule has 0 aliphatic heterocycles. The standard InChI is InChI=1S/C14H22N6/c1-11(2)14-18-12(3)8-13(19-14)15-6-4-5-7-20-9-16-17-10-20/h8-11H,4-7H2,1-3H3,(H,15,18,19). The lowest BCUT2D eigenvalue weighted by atomic mass is 10.2. The number of aromatic nitrogens is 5. The lowest BCUT2D eigenvalue weighted by Gasteiger charge is -2.10. The lowest BCUT2D eigenvalue weighted by Crippen LogP contribution is -2.08. The van der Waals surface area contributed by atoms with Gasteiger partial charge in [-0.25, -0.2) is 9.97 Å². The second-order valence-electron chi connectivity index (χ2n) is 5.24. The summed E-state index contributed by atoms with van der Waals surface area (Å²) in [6, 6.07) is 1.99. The van der Waals surface area contributed by atoms with E-state index in [-0.39, 0.29) is 0 Å². The summed E-state index contributed by atoms with van der Waals surface area (Å²) in [5.74, 6) is 2.17. The van der Waals surface area contributed by atoms with Gasteiger partial charge >= 0.3 is 0 Å². The summed E-state index contributed by atoms with van der Waals surface area (Å²) in [7, 11) is 0. The van der Waals surface area contributed by atoms with Crippen LogP contribution in [0.15, 0.2) is 18.7 Å². The average molecular weight is 274 g/mol. The molecule has 6 nitrogen and oxygen atoms in total. The third-order valence-corrected chi connectivity index (χ3v) is 3.00. The van der Waals surface area contributed by atoms with Crippen LogP contribution in [0.2, 0.25) is 0 Å². The molecule has 0 amide bonds. The molecule has 0 fully saturated rings. The largest absolute Gasteiger partial charge is 0.370 e. The van der Waals surface area contributed by atoms with Gasteiger partial charge in [-0.3, -0.25) is 0 Å². The number of anilines is 1. The average Bonchev–Trinajstić information content (AvgIpc) is 2.91. The molecule has 0 aromatic carbocycles. The van der Waals surface area contributed by atoms with Crippen LogP contribution < -0.4 is 5.32 Å². The minimum atomic E-state index is 0.351. The van der Waals surface area contributed by atoms with Crippen LogP contribution in [0.4, 0.5) is 5.82 Å². The Balaban J connectivity index is 1.76. The molecule has 20 heavy (non-hydrogen) atoms. The zero-order chi connectivity index (χ0) is 14.4. The van der Waals surface area contributed by atoms with E-state index in [0.29, 0.717) is 5.92 Å². The molecule has 0 aliphatic rings. The Morgan fingerprint density at radius 3 is 2.60 bits per heavy atom. The summed E-state index contributed by atoms with van der Waals surface area (Å²) in [6.07, 6.45) is 5.66. The molecule has 0 bridgehead atoms. The number of unbranched alkanes of at least 4 members (excludes halogenated alkanes) is 1. The van der Waals surface area contributed by atoms with E-state index >= 15 is 0 Å². The molecular formula is C14H22N6. The third kappa shape index (κ3) is 4.29. The summed E-state index contributed by atoms with van der Waals surface area (Å²) in [4.78, 5) is 8.98. The van der Waals surface area contributed by atoms with E-state index in [1.54, 1.807) is 12.7 Å². The molecular weight excluding hydrogens is 252 g/mol. The van der Waals surface area contributed by atoms with Crippen LogP contribution >= 0.6 is 0 Å². The molecule has 0 saturated heterocycles. The Morgan fingerprint density at radius 2 is 1.90 bits per heavy atom. The lowest BCUT2D eigenvalue weighted by molar-refractivity contribution is 0.619. The fraction of sp³-hybridized carbons (Fsp3) is 0.571. The zero-order valence-corrected chi connectivity index (χ0v) is 12.4. The van der Waals surface area contributed by atoms with E-state index in [2.05, 4.69) is 39.3 Å². The minimum Gasteiger partial charge on any atom is -0.370 e. The van der Waals surface area contributed by atoms with E-state index in [9.17, 15) is 0 Å². The van der Waals surface area contributed by atoms with Gasteiger partial charge in [-0.05, 0) is 19.8 Å². The summed E-state index contributed by atoms with van der Waals surface area (Å²) in [5.41, 5.74) is 1.01. The van der Waals surface area contributed by atoms with Crippen molar-refractivity contribution in [2.24, 2.45) is 0 Å². The predicted molar refractivity (Wildman–Crippen MR) is 78.6 cm³/mol. The molecule has 0 saturated carbocycles. The highest BCUT2D eigenvalue weighted by Gasteiger charge is 2.05. The van der Waals surface area contributed by atoms with Crippen LogP contribution in [0.3, 0.4) is 0 Å². The second kappa shape index (κ2) is 6.98. The van der Waals surface area contributed by atoms with Gasteiger partial charge in [0.15, 0.2) is 0 Å². The smallest absolute Gasteiger partial charge is 0.133 e. The van der Waals surface area contributed by atoms with Crippen LogP contribution in [0.1, 0.15) is 44.1 Å². The SMILES string of the molecule is Cc1cc(NCCCCn2cnnc2)nc(C(C)C)n1. The van der Waals surface area contributed by atoms with Crippen LogP contribution in [-0.2, 0) is 6.54 Å². The van der Waals surface area contributed by atoms with Crippen molar-refractivity contribution in [1.29, 1.82) is 0 Å². The Bertz CT molecular complexity index is 520. The van der Waals surface area contributed by atoms with Crippen molar-refractivity contribution in [3.8, 4) is 0 Å².